The molecule has 0 N–H and O–H groups in total. The highest BCUT2D eigenvalue weighted by molar-refractivity contribution is 7.22. The van der Waals surface area contributed by atoms with Gasteiger partial charge in [0.1, 0.15) is 11.5 Å². The molecule has 0 fully saturated rings. The van der Waals surface area contributed by atoms with Crippen molar-refractivity contribution in [3.05, 3.63) is 48.5 Å². The van der Waals surface area contributed by atoms with Gasteiger partial charge in [0.2, 0.25) is 0 Å². The number of ether oxygens (including phenoxy) is 2. The molecule has 0 aliphatic heterocycles. The molecule has 0 atom stereocenters. The highest BCUT2D eigenvalue weighted by atomic mass is 32.1. The van der Waals surface area contributed by atoms with Crippen molar-refractivity contribution < 1.29 is 14.3 Å². The van der Waals surface area contributed by atoms with Crippen LogP contribution >= 0.6 is 11.3 Å². The number of carbonyl (C=O) groups is 1. The number of likely N-dealkylation sites (N-methyl/N-ethyl adjacent to an activating group) is 1. The number of aromatic nitrogens is 1. The van der Waals surface area contributed by atoms with Gasteiger partial charge in [0.15, 0.2) is 11.7 Å². The quantitative estimate of drug-likeness (QED) is 0.596. The van der Waals surface area contributed by atoms with Crippen LogP contribution in [0.5, 0.6) is 11.5 Å². The minimum atomic E-state index is -0.126. The van der Waals surface area contributed by atoms with Crippen LogP contribution in [-0.2, 0) is 4.79 Å². The summed E-state index contributed by atoms with van der Waals surface area (Å²) >= 11 is 1.51. The molecule has 0 saturated heterocycles. The van der Waals surface area contributed by atoms with Crippen molar-refractivity contribution in [1.82, 2.24) is 9.88 Å². The van der Waals surface area contributed by atoms with Crippen molar-refractivity contribution >= 4 is 32.6 Å². The first-order chi connectivity index (χ1) is 13.1. The van der Waals surface area contributed by atoms with Crippen molar-refractivity contribution in [1.29, 1.82) is 0 Å². The molecule has 2 aromatic carbocycles. The molecule has 0 bridgehead atoms. The number of nitrogens with zero attached hydrogens (tertiary/aromatic N) is 3. The zero-order chi connectivity index (χ0) is 19.2. The molecule has 3 aromatic rings. The molecule has 1 aromatic heterocycles. The van der Waals surface area contributed by atoms with Gasteiger partial charge in [0.25, 0.3) is 5.91 Å². The first kappa shape index (κ1) is 19.1. The molecule has 27 heavy (non-hydrogen) atoms. The fourth-order valence-corrected chi connectivity index (χ4v) is 3.53. The van der Waals surface area contributed by atoms with Gasteiger partial charge in [-0.3, -0.25) is 9.69 Å². The Morgan fingerprint density at radius 3 is 2.59 bits per heavy atom. The number of rotatable bonds is 8. The first-order valence-corrected chi connectivity index (χ1v) is 9.46. The van der Waals surface area contributed by atoms with Crippen LogP contribution in [0.3, 0.4) is 0 Å². The van der Waals surface area contributed by atoms with Gasteiger partial charge in [-0.05, 0) is 38.4 Å². The van der Waals surface area contributed by atoms with Crippen molar-refractivity contribution in [2.24, 2.45) is 0 Å². The molecule has 1 amide bonds. The molecular weight excluding hydrogens is 362 g/mol. The van der Waals surface area contributed by atoms with E-state index in [1.165, 1.54) is 11.3 Å². The van der Waals surface area contributed by atoms with Gasteiger partial charge in [-0.2, -0.15) is 0 Å². The monoisotopic (exact) mass is 385 g/mol. The summed E-state index contributed by atoms with van der Waals surface area (Å²) in [7, 11) is 5.56. The fourth-order valence-electron chi connectivity index (χ4n) is 2.52. The predicted molar refractivity (Wildman–Crippen MR) is 109 cm³/mol. The molecule has 3 rings (SSSR count). The zero-order valence-electron chi connectivity index (χ0n) is 15.7. The Labute approximate surface area is 162 Å². The third-order valence-corrected chi connectivity index (χ3v) is 5.05. The number of benzene rings is 2. The normalized spacial score (nSPS) is 11.0. The summed E-state index contributed by atoms with van der Waals surface area (Å²) in [6, 6.07) is 15.1. The van der Waals surface area contributed by atoms with Crippen molar-refractivity contribution in [2.45, 2.75) is 0 Å². The van der Waals surface area contributed by atoms with Crippen LogP contribution in [0.4, 0.5) is 5.13 Å². The number of hydrogen-bond donors (Lipinski definition) is 0. The first-order valence-electron chi connectivity index (χ1n) is 8.64. The third-order valence-electron chi connectivity index (χ3n) is 3.99. The molecule has 0 spiro atoms. The fraction of sp³-hybridized carbons (Fsp3) is 0.300. The summed E-state index contributed by atoms with van der Waals surface area (Å²) in [5.41, 5.74) is 0.897. The topological polar surface area (TPSA) is 54.9 Å². The van der Waals surface area contributed by atoms with E-state index >= 15 is 0 Å². The average Bonchev–Trinajstić information content (AvgIpc) is 3.10. The number of fused-ring (bicyclic) bond motifs is 1. The maximum absolute atomic E-state index is 12.9. The lowest BCUT2D eigenvalue weighted by atomic mass is 10.3. The number of para-hydroxylation sites is 1. The SMILES string of the molecule is COc1cccc(OCC(=O)N(CCN(C)C)c2nc3ccccc3s2)c1. The second-order valence-electron chi connectivity index (χ2n) is 6.28. The summed E-state index contributed by atoms with van der Waals surface area (Å²) in [5.74, 6) is 1.16. The Kier molecular flexibility index (Phi) is 6.26. The smallest absolute Gasteiger partial charge is 0.266 e. The molecule has 0 radical (unpaired) electrons. The Morgan fingerprint density at radius 2 is 1.85 bits per heavy atom. The second kappa shape index (κ2) is 8.83. The van der Waals surface area contributed by atoms with Crippen molar-refractivity contribution in [2.75, 3.05) is 45.8 Å². The van der Waals surface area contributed by atoms with Gasteiger partial charge in [-0.1, -0.05) is 29.5 Å². The van der Waals surface area contributed by atoms with Gasteiger partial charge in [-0.15, -0.1) is 0 Å². The van der Waals surface area contributed by atoms with Crippen LogP contribution in [0.15, 0.2) is 48.5 Å². The molecule has 0 aliphatic rings. The van der Waals surface area contributed by atoms with E-state index in [0.29, 0.717) is 23.2 Å². The van der Waals surface area contributed by atoms with E-state index in [2.05, 4.69) is 4.98 Å². The molecule has 142 valence electrons. The molecular formula is C20H23N3O3S. The van der Waals surface area contributed by atoms with Crippen molar-refractivity contribution in [3.63, 3.8) is 0 Å². The highest BCUT2D eigenvalue weighted by Gasteiger charge is 2.20. The van der Waals surface area contributed by atoms with Gasteiger partial charge >= 0.3 is 0 Å². The molecule has 7 heteroatoms. The largest absolute Gasteiger partial charge is 0.497 e. The number of hydrogen-bond acceptors (Lipinski definition) is 6. The lowest BCUT2D eigenvalue weighted by molar-refractivity contribution is -0.120. The number of amides is 1. The van der Waals surface area contributed by atoms with Crippen LogP contribution in [-0.4, -0.2) is 56.7 Å². The molecule has 6 nitrogen and oxygen atoms in total. The Hall–Kier alpha value is -2.64. The van der Waals surface area contributed by atoms with E-state index in [-0.39, 0.29) is 12.5 Å². The lowest BCUT2D eigenvalue weighted by Gasteiger charge is -2.22. The maximum Gasteiger partial charge on any atom is 0.266 e. The number of thiazole rings is 1. The minimum absolute atomic E-state index is 0.0590. The third kappa shape index (κ3) is 4.96. The van der Waals surface area contributed by atoms with E-state index in [9.17, 15) is 4.79 Å². The van der Waals surface area contributed by atoms with E-state index in [1.807, 2.05) is 55.4 Å². The summed E-state index contributed by atoms with van der Waals surface area (Å²) < 4.78 is 11.9. The van der Waals surface area contributed by atoms with Crippen LogP contribution in [0.2, 0.25) is 0 Å². The molecule has 0 aliphatic carbocycles. The average molecular weight is 385 g/mol. The summed E-state index contributed by atoms with van der Waals surface area (Å²) in [6.45, 7) is 1.23. The Bertz CT molecular complexity index is 877. The lowest BCUT2D eigenvalue weighted by Crippen LogP contribution is -2.39. The molecule has 0 unspecified atom stereocenters. The summed E-state index contributed by atoms with van der Waals surface area (Å²) in [6.07, 6.45) is 0. The van der Waals surface area contributed by atoms with E-state index in [0.717, 1.165) is 16.8 Å². The predicted octanol–water partition coefficient (Wildman–Crippen LogP) is 3.28. The number of anilines is 1. The van der Waals surface area contributed by atoms with Crippen LogP contribution < -0.4 is 14.4 Å². The maximum atomic E-state index is 12.9. The van der Waals surface area contributed by atoms with E-state index < -0.39 is 0 Å². The summed E-state index contributed by atoms with van der Waals surface area (Å²) in [4.78, 5) is 21.2. The van der Waals surface area contributed by atoms with Gasteiger partial charge in [0, 0.05) is 19.2 Å². The van der Waals surface area contributed by atoms with Gasteiger partial charge in [-0.25, -0.2) is 4.98 Å². The summed E-state index contributed by atoms with van der Waals surface area (Å²) in [5, 5.41) is 0.692. The van der Waals surface area contributed by atoms with E-state index in [1.54, 1.807) is 24.1 Å². The van der Waals surface area contributed by atoms with Crippen LogP contribution in [0.1, 0.15) is 0 Å². The highest BCUT2D eigenvalue weighted by Crippen LogP contribution is 2.28. The van der Waals surface area contributed by atoms with Gasteiger partial charge < -0.3 is 14.4 Å². The zero-order valence-corrected chi connectivity index (χ0v) is 16.5. The Balaban J connectivity index is 1.75. The molecule has 0 saturated carbocycles. The number of carbonyl (C=O) groups excluding carboxylic acids is 1. The van der Waals surface area contributed by atoms with Crippen LogP contribution in [0.25, 0.3) is 10.2 Å². The van der Waals surface area contributed by atoms with Crippen LogP contribution in [0, 0.1) is 0 Å². The standard InChI is InChI=1S/C20H23N3O3S/c1-22(2)11-12-23(20-21-17-9-4-5-10-18(17)27-20)19(24)14-26-16-8-6-7-15(13-16)25-3/h4-10,13H,11-12,14H2,1-3H3. The Morgan fingerprint density at radius 1 is 1.07 bits per heavy atom. The second-order valence-corrected chi connectivity index (χ2v) is 7.29. The minimum Gasteiger partial charge on any atom is -0.497 e. The van der Waals surface area contributed by atoms with Crippen molar-refractivity contribution in [3.8, 4) is 11.5 Å². The molecule has 1 heterocycles. The van der Waals surface area contributed by atoms with E-state index in [4.69, 9.17) is 9.47 Å². The number of methoxy groups -OCH3 is 1. The van der Waals surface area contributed by atoms with Gasteiger partial charge in [0.05, 0.1) is 17.3 Å².